The molecule has 0 bridgehead atoms. The summed E-state index contributed by atoms with van der Waals surface area (Å²) in [5.74, 6) is -1.16. The van der Waals surface area contributed by atoms with E-state index in [2.05, 4.69) is 0 Å². The highest BCUT2D eigenvalue weighted by molar-refractivity contribution is 5.68. The standard InChI is InChI=1S/C18H24F3NO3/c1-16(2,3)25-15(23)22-11-7-10-14(12-22)17(24,18(19,20)21)13-8-5-4-6-9-13/h4-6,8-9,14,24H,7,10-12H2,1-3H3/t14-,17-/m0/s1. The Labute approximate surface area is 145 Å². The summed E-state index contributed by atoms with van der Waals surface area (Å²) < 4.78 is 46.6. The summed E-state index contributed by atoms with van der Waals surface area (Å²) in [7, 11) is 0. The number of amides is 1. The number of likely N-dealkylation sites (tertiary alicyclic amines) is 1. The first-order chi connectivity index (χ1) is 11.4. The lowest BCUT2D eigenvalue weighted by Gasteiger charge is -2.43. The minimum Gasteiger partial charge on any atom is -0.444 e. The Morgan fingerprint density at radius 2 is 1.80 bits per heavy atom. The van der Waals surface area contributed by atoms with Crippen LogP contribution in [0.1, 0.15) is 39.2 Å². The number of ether oxygens (including phenoxy) is 1. The first-order valence-corrected chi connectivity index (χ1v) is 8.27. The molecule has 0 aliphatic carbocycles. The molecular formula is C18H24F3NO3. The molecular weight excluding hydrogens is 335 g/mol. The van der Waals surface area contributed by atoms with E-state index in [9.17, 15) is 23.1 Å². The van der Waals surface area contributed by atoms with Gasteiger partial charge in [-0.3, -0.25) is 0 Å². The van der Waals surface area contributed by atoms with Crippen LogP contribution in [-0.4, -0.2) is 41.0 Å². The Balaban J connectivity index is 2.28. The zero-order valence-corrected chi connectivity index (χ0v) is 14.6. The van der Waals surface area contributed by atoms with E-state index in [0.29, 0.717) is 13.0 Å². The Morgan fingerprint density at radius 3 is 2.32 bits per heavy atom. The van der Waals surface area contributed by atoms with E-state index < -0.39 is 29.4 Å². The number of hydrogen-bond acceptors (Lipinski definition) is 3. The van der Waals surface area contributed by atoms with E-state index in [1.165, 1.54) is 29.2 Å². The molecule has 4 nitrogen and oxygen atoms in total. The summed E-state index contributed by atoms with van der Waals surface area (Å²) in [6.07, 6.45) is -4.97. The molecule has 25 heavy (non-hydrogen) atoms. The highest BCUT2D eigenvalue weighted by Gasteiger charge is 2.60. The molecule has 1 heterocycles. The van der Waals surface area contributed by atoms with Crippen LogP contribution >= 0.6 is 0 Å². The number of alkyl halides is 3. The Morgan fingerprint density at radius 1 is 1.20 bits per heavy atom. The monoisotopic (exact) mass is 359 g/mol. The minimum absolute atomic E-state index is 0.171. The maximum atomic E-state index is 13.8. The molecule has 7 heteroatoms. The number of aliphatic hydroxyl groups is 1. The molecule has 1 N–H and O–H groups in total. The quantitative estimate of drug-likeness (QED) is 0.865. The molecule has 0 aromatic heterocycles. The van der Waals surface area contributed by atoms with Crippen LogP contribution in [0.2, 0.25) is 0 Å². The number of nitrogens with zero attached hydrogens (tertiary/aromatic N) is 1. The molecule has 1 fully saturated rings. The highest BCUT2D eigenvalue weighted by atomic mass is 19.4. The number of carbonyl (C=O) groups excluding carboxylic acids is 1. The normalized spacial score (nSPS) is 21.6. The van der Waals surface area contributed by atoms with Crippen LogP contribution in [0.5, 0.6) is 0 Å². The van der Waals surface area contributed by atoms with Gasteiger partial charge in [0.25, 0.3) is 0 Å². The highest BCUT2D eigenvalue weighted by Crippen LogP contribution is 2.47. The molecule has 140 valence electrons. The van der Waals surface area contributed by atoms with Gasteiger partial charge in [-0.1, -0.05) is 30.3 Å². The number of halogens is 3. The predicted octanol–water partition coefficient (Wildman–Crippen LogP) is 4.08. The third-order valence-corrected chi connectivity index (χ3v) is 4.31. The van der Waals surface area contributed by atoms with Crippen LogP contribution in [0, 0.1) is 5.92 Å². The zero-order valence-electron chi connectivity index (χ0n) is 14.6. The van der Waals surface area contributed by atoms with Gasteiger partial charge in [-0.2, -0.15) is 13.2 Å². The molecule has 1 aromatic carbocycles. The van der Waals surface area contributed by atoms with Crippen molar-refractivity contribution in [1.29, 1.82) is 0 Å². The molecule has 2 rings (SSSR count). The van der Waals surface area contributed by atoms with Gasteiger partial charge >= 0.3 is 12.3 Å². The molecule has 2 atom stereocenters. The summed E-state index contributed by atoms with van der Waals surface area (Å²) in [5, 5.41) is 10.7. The van der Waals surface area contributed by atoms with Crippen LogP contribution in [0.15, 0.2) is 30.3 Å². The number of rotatable bonds is 2. The maximum Gasteiger partial charge on any atom is 0.421 e. The second-order valence-electron chi connectivity index (χ2n) is 7.40. The average molecular weight is 359 g/mol. The van der Waals surface area contributed by atoms with Crippen molar-refractivity contribution in [3.05, 3.63) is 35.9 Å². The van der Waals surface area contributed by atoms with E-state index in [1.807, 2.05) is 0 Å². The van der Waals surface area contributed by atoms with Crippen molar-refractivity contribution in [1.82, 2.24) is 4.90 Å². The minimum atomic E-state index is -4.85. The smallest absolute Gasteiger partial charge is 0.421 e. The van der Waals surface area contributed by atoms with Gasteiger partial charge in [0.05, 0.1) is 0 Å². The Hall–Kier alpha value is -1.76. The summed E-state index contributed by atoms with van der Waals surface area (Å²) in [6, 6.07) is 7.04. The molecule has 0 radical (unpaired) electrons. The average Bonchev–Trinajstić information content (AvgIpc) is 2.52. The van der Waals surface area contributed by atoms with E-state index in [-0.39, 0.29) is 18.5 Å². The van der Waals surface area contributed by atoms with Crippen LogP contribution in [-0.2, 0) is 10.3 Å². The number of carbonyl (C=O) groups is 1. The van der Waals surface area contributed by atoms with Crippen molar-refractivity contribution < 1.29 is 27.8 Å². The lowest BCUT2D eigenvalue weighted by molar-refractivity contribution is -0.290. The third kappa shape index (κ3) is 4.26. The molecule has 0 unspecified atom stereocenters. The first-order valence-electron chi connectivity index (χ1n) is 8.27. The van der Waals surface area contributed by atoms with Crippen molar-refractivity contribution in [2.24, 2.45) is 5.92 Å². The van der Waals surface area contributed by atoms with E-state index >= 15 is 0 Å². The SMILES string of the molecule is CC(C)(C)OC(=O)N1CCC[C@H]([C@@](O)(c2ccccc2)C(F)(F)F)C1. The molecule has 1 amide bonds. The van der Waals surface area contributed by atoms with Crippen molar-refractivity contribution in [3.63, 3.8) is 0 Å². The van der Waals surface area contributed by atoms with Gasteiger partial charge in [0, 0.05) is 19.0 Å². The number of benzene rings is 1. The molecule has 1 aliphatic rings. The zero-order chi connectivity index (χ0) is 18.9. The van der Waals surface area contributed by atoms with Crippen LogP contribution < -0.4 is 0 Å². The molecule has 1 aliphatic heterocycles. The number of piperidine rings is 1. The summed E-state index contributed by atoms with van der Waals surface area (Å²) >= 11 is 0. The molecule has 0 saturated carbocycles. The lowest BCUT2D eigenvalue weighted by atomic mass is 9.76. The second-order valence-corrected chi connectivity index (χ2v) is 7.40. The molecule has 0 spiro atoms. The van der Waals surface area contributed by atoms with Gasteiger partial charge in [-0.25, -0.2) is 4.79 Å². The fraction of sp³-hybridized carbons (Fsp3) is 0.611. The molecule has 1 aromatic rings. The predicted molar refractivity (Wildman–Crippen MR) is 86.9 cm³/mol. The van der Waals surface area contributed by atoms with Crippen molar-refractivity contribution in [2.45, 2.75) is 51.0 Å². The summed E-state index contributed by atoms with van der Waals surface area (Å²) in [4.78, 5) is 13.5. The fourth-order valence-corrected chi connectivity index (χ4v) is 3.13. The van der Waals surface area contributed by atoms with E-state index in [0.717, 1.165) is 0 Å². The van der Waals surface area contributed by atoms with Gasteiger partial charge in [-0.15, -0.1) is 0 Å². The summed E-state index contributed by atoms with van der Waals surface area (Å²) in [5.41, 5.74) is -3.95. The fourth-order valence-electron chi connectivity index (χ4n) is 3.13. The molecule has 1 saturated heterocycles. The van der Waals surface area contributed by atoms with Crippen LogP contribution in [0.3, 0.4) is 0 Å². The largest absolute Gasteiger partial charge is 0.444 e. The van der Waals surface area contributed by atoms with Gasteiger partial charge in [-0.05, 0) is 39.2 Å². The van der Waals surface area contributed by atoms with Crippen molar-refractivity contribution >= 4 is 6.09 Å². The number of hydrogen-bond donors (Lipinski definition) is 1. The Kier molecular flexibility index (Phi) is 5.37. The van der Waals surface area contributed by atoms with Gasteiger partial charge < -0.3 is 14.7 Å². The van der Waals surface area contributed by atoms with Gasteiger partial charge in [0.2, 0.25) is 0 Å². The summed E-state index contributed by atoms with van der Waals surface area (Å²) in [6.45, 7) is 5.20. The van der Waals surface area contributed by atoms with Gasteiger partial charge in [0.1, 0.15) is 5.60 Å². The van der Waals surface area contributed by atoms with Crippen LogP contribution in [0.4, 0.5) is 18.0 Å². The van der Waals surface area contributed by atoms with Gasteiger partial charge in [0.15, 0.2) is 5.60 Å². The topological polar surface area (TPSA) is 49.8 Å². The second kappa shape index (κ2) is 6.86. The Bertz CT molecular complexity index is 598. The maximum absolute atomic E-state index is 13.8. The van der Waals surface area contributed by atoms with Crippen molar-refractivity contribution in [2.75, 3.05) is 13.1 Å². The first kappa shape index (κ1) is 19.6. The van der Waals surface area contributed by atoms with E-state index in [1.54, 1.807) is 26.8 Å². The lowest BCUT2D eigenvalue weighted by Crippen LogP contribution is -2.55. The van der Waals surface area contributed by atoms with Crippen molar-refractivity contribution in [3.8, 4) is 0 Å². The van der Waals surface area contributed by atoms with Crippen LogP contribution in [0.25, 0.3) is 0 Å². The third-order valence-electron chi connectivity index (χ3n) is 4.31. The van der Waals surface area contributed by atoms with E-state index in [4.69, 9.17) is 4.74 Å².